The van der Waals surface area contributed by atoms with Crippen molar-refractivity contribution in [3.05, 3.63) is 28.8 Å². The van der Waals surface area contributed by atoms with Gasteiger partial charge in [0.2, 0.25) is 15.2 Å². The van der Waals surface area contributed by atoms with Crippen molar-refractivity contribution >= 4 is 32.4 Å². The number of amides is 1. The standard InChI is InChI=1S/C19H26N4O4S2/c1-12(2)18-21-22-19(28-18)20-17(24)14-8-9-15(27-4)16(11-14)29(25,26)23-10-6-5-7-13(23)3/h8-9,11-13H,5-7,10H2,1-4H3,(H,20,22,24). The van der Waals surface area contributed by atoms with Gasteiger partial charge < -0.3 is 4.74 Å². The molecule has 158 valence electrons. The highest BCUT2D eigenvalue weighted by Gasteiger charge is 2.33. The van der Waals surface area contributed by atoms with Gasteiger partial charge in [-0.25, -0.2) is 8.42 Å². The molecule has 1 saturated heterocycles. The average molecular weight is 439 g/mol. The Labute approximate surface area is 175 Å². The molecule has 1 atom stereocenters. The fraction of sp³-hybridized carbons (Fsp3) is 0.526. The van der Waals surface area contributed by atoms with E-state index in [1.165, 1.54) is 41.0 Å². The van der Waals surface area contributed by atoms with E-state index in [9.17, 15) is 13.2 Å². The number of sulfonamides is 1. The number of hydrogen-bond donors (Lipinski definition) is 1. The van der Waals surface area contributed by atoms with E-state index in [4.69, 9.17) is 4.74 Å². The van der Waals surface area contributed by atoms with Gasteiger partial charge in [-0.3, -0.25) is 10.1 Å². The van der Waals surface area contributed by atoms with Crippen LogP contribution in [0.15, 0.2) is 23.1 Å². The number of methoxy groups -OCH3 is 1. The van der Waals surface area contributed by atoms with Crippen LogP contribution in [0.25, 0.3) is 0 Å². The molecule has 1 N–H and O–H groups in total. The third-order valence-corrected chi connectivity index (χ3v) is 8.08. The minimum Gasteiger partial charge on any atom is -0.495 e. The number of ether oxygens (including phenoxy) is 1. The van der Waals surface area contributed by atoms with Crippen molar-refractivity contribution in [2.24, 2.45) is 0 Å². The summed E-state index contributed by atoms with van der Waals surface area (Å²) >= 11 is 1.30. The zero-order valence-electron chi connectivity index (χ0n) is 17.0. The molecule has 1 aliphatic rings. The van der Waals surface area contributed by atoms with Crippen LogP contribution in [0.4, 0.5) is 5.13 Å². The molecule has 10 heteroatoms. The van der Waals surface area contributed by atoms with Gasteiger partial charge in [-0.05, 0) is 38.0 Å². The van der Waals surface area contributed by atoms with Crippen molar-refractivity contribution in [2.75, 3.05) is 19.0 Å². The maximum atomic E-state index is 13.3. The normalized spacial score (nSPS) is 18.0. The monoisotopic (exact) mass is 438 g/mol. The first-order valence-electron chi connectivity index (χ1n) is 9.58. The summed E-state index contributed by atoms with van der Waals surface area (Å²) in [5.74, 6) is -0.0120. The van der Waals surface area contributed by atoms with Crippen LogP contribution in [0.2, 0.25) is 0 Å². The predicted molar refractivity (Wildman–Crippen MR) is 112 cm³/mol. The quantitative estimate of drug-likeness (QED) is 0.741. The van der Waals surface area contributed by atoms with E-state index >= 15 is 0 Å². The van der Waals surface area contributed by atoms with Crippen molar-refractivity contribution in [1.82, 2.24) is 14.5 Å². The minimum absolute atomic E-state index is 0.00142. The number of carbonyl (C=O) groups excluding carboxylic acids is 1. The molecule has 2 aromatic rings. The number of nitrogens with zero attached hydrogens (tertiary/aromatic N) is 3. The first-order valence-corrected chi connectivity index (χ1v) is 11.8. The number of hydrogen-bond acceptors (Lipinski definition) is 7. The van der Waals surface area contributed by atoms with E-state index in [1.807, 2.05) is 20.8 Å². The van der Waals surface area contributed by atoms with Crippen molar-refractivity contribution in [1.29, 1.82) is 0 Å². The third kappa shape index (κ3) is 4.59. The summed E-state index contributed by atoms with van der Waals surface area (Å²) in [6, 6.07) is 4.33. The van der Waals surface area contributed by atoms with Gasteiger partial charge >= 0.3 is 0 Å². The summed E-state index contributed by atoms with van der Waals surface area (Å²) in [4.78, 5) is 12.7. The molecule has 29 heavy (non-hydrogen) atoms. The smallest absolute Gasteiger partial charge is 0.257 e. The molecule has 0 bridgehead atoms. The van der Waals surface area contributed by atoms with Gasteiger partial charge in [-0.15, -0.1) is 10.2 Å². The second-order valence-corrected chi connectivity index (χ2v) is 10.2. The minimum atomic E-state index is -3.79. The van der Waals surface area contributed by atoms with Crippen LogP contribution in [0.3, 0.4) is 0 Å². The molecular weight excluding hydrogens is 412 g/mol. The van der Waals surface area contributed by atoms with Gasteiger partial charge in [0.05, 0.1) is 7.11 Å². The maximum Gasteiger partial charge on any atom is 0.257 e. The van der Waals surface area contributed by atoms with E-state index in [-0.39, 0.29) is 28.2 Å². The predicted octanol–water partition coefficient (Wildman–Crippen LogP) is 3.49. The van der Waals surface area contributed by atoms with Crippen molar-refractivity contribution in [3.63, 3.8) is 0 Å². The van der Waals surface area contributed by atoms with Gasteiger partial charge in [0.15, 0.2) is 0 Å². The van der Waals surface area contributed by atoms with E-state index in [1.54, 1.807) is 0 Å². The molecule has 1 aromatic carbocycles. The highest BCUT2D eigenvalue weighted by Crippen LogP contribution is 2.32. The number of anilines is 1. The molecule has 1 aliphatic heterocycles. The molecule has 0 radical (unpaired) electrons. The fourth-order valence-corrected chi connectivity index (χ4v) is 5.89. The Balaban J connectivity index is 1.90. The Hall–Kier alpha value is -2.04. The zero-order valence-corrected chi connectivity index (χ0v) is 18.6. The summed E-state index contributed by atoms with van der Waals surface area (Å²) in [6.45, 7) is 6.36. The second-order valence-electron chi connectivity index (χ2n) is 7.38. The van der Waals surface area contributed by atoms with E-state index < -0.39 is 15.9 Å². The summed E-state index contributed by atoms with van der Waals surface area (Å²) < 4.78 is 33.3. The van der Waals surface area contributed by atoms with Crippen LogP contribution in [0.1, 0.15) is 61.3 Å². The first-order chi connectivity index (χ1) is 13.7. The molecule has 1 unspecified atom stereocenters. The topological polar surface area (TPSA) is 101 Å². The van der Waals surface area contributed by atoms with Crippen molar-refractivity contribution in [2.45, 2.75) is 56.9 Å². The van der Waals surface area contributed by atoms with Crippen LogP contribution in [0.5, 0.6) is 5.75 Å². The summed E-state index contributed by atoms with van der Waals surface area (Å²) in [5.41, 5.74) is 0.218. The van der Waals surface area contributed by atoms with Gasteiger partial charge in [0.25, 0.3) is 5.91 Å². The fourth-order valence-electron chi connectivity index (χ4n) is 3.26. The Bertz CT molecular complexity index is 988. The van der Waals surface area contributed by atoms with Gasteiger partial charge in [-0.2, -0.15) is 4.31 Å². The molecule has 0 saturated carbocycles. The summed E-state index contributed by atoms with van der Waals surface area (Å²) in [5, 5.41) is 11.9. The van der Waals surface area contributed by atoms with Crippen LogP contribution in [-0.4, -0.2) is 48.5 Å². The van der Waals surface area contributed by atoms with E-state index in [0.717, 1.165) is 24.3 Å². The first kappa shape index (κ1) is 21.7. The third-order valence-electron chi connectivity index (χ3n) is 4.91. The van der Waals surface area contributed by atoms with Crippen molar-refractivity contribution in [3.8, 4) is 5.75 Å². The Morgan fingerprint density at radius 1 is 1.31 bits per heavy atom. The van der Waals surface area contributed by atoms with Gasteiger partial charge in [0.1, 0.15) is 15.7 Å². The number of carbonyl (C=O) groups is 1. The molecule has 0 aliphatic carbocycles. The number of benzene rings is 1. The lowest BCUT2D eigenvalue weighted by Crippen LogP contribution is -2.42. The average Bonchev–Trinajstić information content (AvgIpc) is 3.16. The highest BCUT2D eigenvalue weighted by molar-refractivity contribution is 7.89. The number of rotatable bonds is 6. The van der Waals surface area contributed by atoms with Crippen LogP contribution < -0.4 is 10.1 Å². The number of aromatic nitrogens is 2. The lowest BCUT2D eigenvalue weighted by molar-refractivity contribution is 0.102. The zero-order chi connectivity index (χ0) is 21.2. The van der Waals surface area contributed by atoms with Crippen LogP contribution >= 0.6 is 11.3 Å². The molecule has 1 aromatic heterocycles. The van der Waals surface area contributed by atoms with Crippen LogP contribution in [-0.2, 0) is 10.0 Å². The largest absolute Gasteiger partial charge is 0.495 e. The SMILES string of the molecule is COc1ccc(C(=O)Nc2nnc(C(C)C)s2)cc1S(=O)(=O)N1CCCCC1C. The molecule has 1 amide bonds. The second kappa shape index (κ2) is 8.76. The maximum absolute atomic E-state index is 13.3. The molecule has 1 fully saturated rings. The van der Waals surface area contributed by atoms with E-state index in [0.29, 0.717) is 11.7 Å². The van der Waals surface area contributed by atoms with Gasteiger partial charge in [0, 0.05) is 24.1 Å². The highest BCUT2D eigenvalue weighted by atomic mass is 32.2. The number of piperidine rings is 1. The van der Waals surface area contributed by atoms with Gasteiger partial charge in [-0.1, -0.05) is 31.6 Å². The molecular formula is C19H26N4O4S2. The molecule has 3 rings (SSSR count). The summed E-state index contributed by atoms with van der Waals surface area (Å²) in [7, 11) is -2.37. The lowest BCUT2D eigenvalue weighted by atomic mass is 10.1. The van der Waals surface area contributed by atoms with Crippen LogP contribution in [0, 0.1) is 0 Å². The van der Waals surface area contributed by atoms with Crippen molar-refractivity contribution < 1.29 is 17.9 Å². The molecule has 2 heterocycles. The molecule has 0 spiro atoms. The summed E-state index contributed by atoms with van der Waals surface area (Å²) in [6.07, 6.45) is 2.64. The van der Waals surface area contributed by atoms with E-state index in [2.05, 4.69) is 15.5 Å². The lowest BCUT2D eigenvalue weighted by Gasteiger charge is -2.32. The Morgan fingerprint density at radius 2 is 2.07 bits per heavy atom. The number of nitrogens with one attached hydrogen (secondary N) is 1. The Morgan fingerprint density at radius 3 is 2.69 bits per heavy atom. The molecule has 8 nitrogen and oxygen atoms in total. The Kier molecular flexibility index (Phi) is 6.55.